The van der Waals surface area contributed by atoms with E-state index in [1.54, 1.807) is 6.20 Å². The van der Waals surface area contributed by atoms with Crippen molar-refractivity contribution in [3.63, 3.8) is 0 Å². The molecule has 0 spiro atoms. The Balaban J connectivity index is 2.25. The van der Waals surface area contributed by atoms with Crippen LogP contribution in [0.25, 0.3) is 0 Å². The summed E-state index contributed by atoms with van der Waals surface area (Å²) in [5.74, 6) is 0. The van der Waals surface area contributed by atoms with Crippen molar-refractivity contribution in [2.24, 2.45) is 0 Å². The number of rotatable bonds is 3. The second kappa shape index (κ2) is 5.54. The van der Waals surface area contributed by atoms with Gasteiger partial charge in [0, 0.05) is 25.2 Å². The molecule has 0 amide bonds. The van der Waals surface area contributed by atoms with Crippen LogP contribution < -0.4 is 0 Å². The van der Waals surface area contributed by atoms with Crippen LogP contribution in [0.2, 0.25) is 0 Å². The van der Waals surface area contributed by atoms with Crippen LogP contribution in [0.1, 0.15) is 52.3 Å². The summed E-state index contributed by atoms with van der Waals surface area (Å²) in [6.45, 7) is 10.5. The number of likely N-dealkylation sites (tertiary alicyclic amines) is 1. The topological polar surface area (TPSA) is 41.3 Å². The van der Waals surface area contributed by atoms with Crippen LogP contribution >= 0.6 is 15.9 Å². The second-order valence-electron chi connectivity index (χ2n) is 6.04. The van der Waals surface area contributed by atoms with Crippen molar-refractivity contribution < 1.29 is 5.11 Å². The van der Waals surface area contributed by atoms with Gasteiger partial charge in [-0.3, -0.25) is 4.68 Å². The third-order valence-electron chi connectivity index (χ3n) is 4.04. The summed E-state index contributed by atoms with van der Waals surface area (Å²) in [5.41, 5.74) is 0.177. The average Bonchev–Trinajstić information content (AvgIpc) is 2.72. The normalized spacial score (nSPS) is 20.4. The van der Waals surface area contributed by atoms with Crippen molar-refractivity contribution in [1.29, 1.82) is 0 Å². The summed E-state index contributed by atoms with van der Waals surface area (Å²) in [4.78, 5) is 2.42. The summed E-state index contributed by atoms with van der Waals surface area (Å²) in [6.07, 6.45) is 3.33. The highest BCUT2D eigenvalue weighted by atomic mass is 79.9. The first-order valence-electron chi connectivity index (χ1n) is 7.05. The molecule has 0 atom stereocenters. The third-order valence-corrected chi connectivity index (χ3v) is 4.62. The van der Waals surface area contributed by atoms with Gasteiger partial charge < -0.3 is 10.0 Å². The first-order chi connectivity index (χ1) is 8.85. The maximum atomic E-state index is 11.0. The molecule has 19 heavy (non-hydrogen) atoms. The van der Waals surface area contributed by atoms with Gasteiger partial charge in [-0.1, -0.05) is 0 Å². The molecule has 2 rings (SSSR count). The molecule has 0 aliphatic carbocycles. The maximum absolute atomic E-state index is 11.0. The monoisotopic (exact) mass is 329 g/mol. The third kappa shape index (κ3) is 2.88. The zero-order chi connectivity index (χ0) is 14.2. The molecule has 2 heterocycles. The van der Waals surface area contributed by atoms with Gasteiger partial charge in [0.25, 0.3) is 0 Å². The van der Waals surface area contributed by atoms with Crippen LogP contribution in [-0.4, -0.2) is 38.9 Å². The SMILES string of the molecule is CC(C)N1CCC(O)(c2c(Br)cnn2C(C)C)CC1. The highest BCUT2D eigenvalue weighted by Gasteiger charge is 2.39. The molecule has 0 radical (unpaired) electrons. The van der Waals surface area contributed by atoms with Crippen LogP contribution in [0.5, 0.6) is 0 Å². The minimum Gasteiger partial charge on any atom is -0.383 e. The molecule has 0 saturated carbocycles. The number of aliphatic hydroxyl groups is 1. The molecular formula is C14H24BrN3O. The van der Waals surface area contributed by atoms with E-state index in [1.165, 1.54) is 0 Å². The van der Waals surface area contributed by atoms with Gasteiger partial charge in [0.15, 0.2) is 0 Å². The van der Waals surface area contributed by atoms with Gasteiger partial charge in [-0.25, -0.2) is 0 Å². The highest BCUT2D eigenvalue weighted by molar-refractivity contribution is 9.10. The van der Waals surface area contributed by atoms with E-state index in [2.05, 4.69) is 53.6 Å². The molecule has 5 heteroatoms. The fourth-order valence-electron chi connectivity index (χ4n) is 2.82. The maximum Gasteiger partial charge on any atom is 0.110 e. The summed E-state index contributed by atoms with van der Waals surface area (Å²) in [7, 11) is 0. The Kier molecular flexibility index (Phi) is 4.38. The van der Waals surface area contributed by atoms with E-state index < -0.39 is 5.60 Å². The molecule has 1 aliphatic heterocycles. The number of hydrogen-bond acceptors (Lipinski definition) is 3. The number of piperidine rings is 1. The fraction of sp³-hybridized carbons (Fsp3) is 0.786. The molecule has 1 saturated heterocycles. The highest BCUT2D eigenvalue weighted by Crippen LogP contribution is 2.38. The molecule has 1 aromatic rings. The van der Waals surface area contributed by atoms with Crippen LogP contribution in [0.3, 0.4) is 0 Å². The van der Waals surface area contributed by atoms with E-state index in [9.17, 15) is 5.11 Å². The Morgan fingerprint density at radius 2 is 1.79 bits per heavy atom. The van der Waals surface area contributed by atoms with Gasteiger partial charge in [-0.2, -0.15) is 5.10 Å². The van der Waals surface area contributed by atoms with Crippen molar-refractivity contribution in [3.8, 4) is 0 Å². The summed E-state index contributed by atoms with van der Waals surface area (Å²) in [6, 6.07) is 0.802. The largest absolute Gasteiger partial charge is 0.383 e. The molecule has 0 bridgehead atoms. The standard InChI is InChI=1S/C14H24BrN3O/c1-10(2)17-7-5-14(19,6-8-17)13-12(15)9-16-18(13)11(3)4/h9-11,19H,5-8H2,1-4H3. The van der Waals surface area contributed by atoms with Gasteiger partial charge in [-0.15, -0.1) is 0 Å². The van der Waals surface area contributed by atoms with E-state index in [-0.39, 0.29) is 6.04 Å². The summed E-state index contributed by atoms with van der Waals surface area (Å²) < 4.78 is 2.86. The number of hydrogen-bond donors (Lipinski definition) is 1. The molecule has 1 aromatic heterocycles. The van der Waals surface area contributed by atoms with Gasteiger partial charge in [0.05, 0.1) is 16.4 Å². The van der Waals surface area contributed by atoms with Crippen molar-refractivity contribution >= 4 is 15.9 Å². The Labute approximate surface area is 123 Å². The molecule has 1 N–H and O–H groups in total. The molecule has 1 fully saturated rings. The lowest BCUT2D eigenvalue weighted by Gasteiger charge is -2.40. The number of nitrogens with zero attached hydrogens (tertiary/aromatic N) is 3. The van der Waals surface area contributed by atoms with Crippen LogP contribution in [0.4, 0.5) is 0 Å². The minimum atomic E-state index is -0.759. The van der Waals surface area contributed by atoms with E-state index in [0.29, 0.717) is 6.04 Å². The lowest BCUT2D eigenvalue weighted by molar-refractivity contribution is -0.0400. The van der Waals surface area contributed by atoms with Crippen LogP contribution in [-0.2, 0) is 5.60 Å². The van der Waals surface area contributed by atoms with E-state index in [0.717, 1.165) is 36.1 Å². The zero-order valence-electron chi connectivity index (χ0n) is 12.2. The van der Waals surface area contributed by atoms with Crippen molar-refractivity contribution in [2.45, 2.75) is 58.2 Å². The van der Waals surface area contributed by atoms with E-state index in [4.69, 9.17) is 0 Å². The number of halogens is 1. The Bertz CT molecular complexity index is 434. The molecule has 4 nitrogen and oxygen atoms in total. The van der Waals surface area contributed by atoms with E-state index in [1.807, 2.05) is 4.68 Å². The molecule has 0 unspecified atom stereocenters. The van der Waals surface area contributed by atoms with Crippen molar-refractivity contribution in [2.75, 3.05) is 13.1 Å². The average molecular weight is 330 g/mol. The van der Waals surface area contributed by atoms with Gasteiger partial charge >= 0.3 is 0 Å². The van der Waals surface area contributed by atoms with Crippen molar-refractivity contribution in [1.82, 2.24) is 14.7 Å². The summed E-state index contributed by atoms with van der Waals surface area (Å²) >= 11 is 3.54. The Hall–Kier alpha value is -0.390. The summed E-state index contributed by atoms with van der Waals surface area (Å²) in [5, 5.41) is 15.4. The van der Waals surface area contributed by atoms with E-state index >= 15 is 0 Å². The smallest absolute Gasteiger partial charge is 0.110 e. The molecule has 1 aliphatic rings. The number of aromatic nitrogens is 2. The Morgan fingerprint density at radius 1 is 1.21 bits per heavy atom. The lowest BCUT2D eigenvalue weighted by atomic mass is 9.87. The Morgan fingerprint density at radius 3 is 2.26 bits per heavy atom. The molecular weight excluding hydrogens is 306 g/mol. The molecule has 108 valence electrons. The van der Waals surface area contributed by atoms with Crippen molar-refractivity contribution in [3.05, 3.63) is 16.4 Å². The molecule has 0 aromatic carbocycles. The predicted molar refractivity (Wildman–Crippen MR) is 80.2 cm³/mol. The zero-order valence-corrected chi connectivity index (χ0v) is 13.8. The van der Waals surface area contributed by atoms with Crippen LogP contribution in [0, 0.1) is 0 Å². The predicted octanol–water partition coefficient (Wildman–Crippen LogP) is 2.92. The fourth-order valence-corrected chi connectivity index (χ4v) is 3.46. The van der Waals surface area contributed by atoms with Gasteiger partial charge in [0.2, 0.25) is 0 Å². The quantitative estimate of drug-likeness (QED) is 0.926. The first kappa shape index (κ1) is 15.0. The minimum absolute atomic E-state index is 0.258. The van der Waals surface area contributed by atoms with Crippen LogP contribution in [0.15, 0.2) is 10.7 Å². The first-order valence-corrected chi connectivity index (χ1v) is 7.84. The lowest BCUT2D eigenvalue weighted by Crippen LogP contribution is -2.46. The van der Waals surface area contributed by atoms with Gasteiger partial charge in [-0.05, 0) is 56.5 Å². The second-order valence-corrected chi connectivity index (χ2v) is 6.90. The van der Waals surface area contributed by atoms with Gasteiger partial charge in [0.1, 0.15) is 5.60 Å².